The van der Waals surface area contributed by atoms with Gasteiger partial charge in [-0.05, 0) is 91.8 Å². The summed E-state index contributed by atoms with van der Waals surface area (Å²) in [6.07, 6.45) is 4.34. The van der Waals surface area contributed by atoms with Crippen molar-refractivity contribution in [3.05, 3.63) is 64.5 Å². The van der Waals surface area contributed by atoms with Crippen molar-refractivity contribution in [3.8, 4) is 11.1 Å². The molecular weight excluding hydrogens is 242 g/mol. The fourth-order valence-corrected chi connectivity index (χ4v) is 3.11. The Balaban J connectivity index is 2.33. The van der Waals surface area contributed by atoms with Crippen LogP contribution in [0, 0.1) is 34.6 Å². The second-order valence-corrected chi connectivity index (χ2v) is 5.76. The summed E-state index contributed by atoms with van der Waals surface area (Å²) in [6, 6.07) is 8.65. The van der Waals surface area contributed by atoms with E-state index in [-0.39, 0.29) is 0 Å². The molecule has 0 saturated heterocycles. The molecule has 0 aliphatic carbocycles. The van der Waals surface area contributed by atoms with E-state index in [1.807, 2.05) is 0 Å². The zero-order chi connectivity index (χ0) is 14.4. The van der Waals surface area contributed by atoms with Crippen LogP contribution in [0.25, 0.3) is 16.6 Å². The Kier molecular flexibility index (Phi) is 2.93. The second kappa shape index (κ2) is 4.52. The maximum Gasteiger partial charge on any atom is 0.0450 e. The molecule has 0 spiro atoms. The summed E-state index contributed by atoms with van der Waals surface area (Å²) in [5, 5.41) is 0. The lowest BCUT2D eigenvalue weighted by molar-refractivity contribution is 1.16. The molecule has 0 aliphatic rings. The molecular formula is C19H21N. The SMILES string of the molecule is Cc1c(C)c(C)c(-c2ccc3cccn3c2)c(C)c1C. The first-order valence-electron chi connectivity index (χ1n) is 7.14. The minimum atomic E-state index is 1.24. The van der Waals surface area contributed by atoms with Crippen LogP contribution in [0.15, 0.2) is 36.7 Å². The molecule has 102 valence electrons. The summed E-state index contributed by atoms with van der Waals surface area (Å²) in [7, 11) is 0. The molecule has 0 N–H and O–H groups in total. The first-order chi connectivity index (χ1) is 9.50. The summed E-state index contributed by atoms with van der Waals surface area (Å²) in [6.45, 7) is 11.2. The predicted octanol–water partition coefficient (Wildman–Crippen LogP) is 5.15. The first-order valence-corrected chi connectivity index (χ1v) is 7.14. The van der Waals surface area contributed by atoms with E-state index >= 15 is 0 Å². The van der Waals surface area contributed by atoms with Crippen molar-refractivity contribution in [2.24, 2.45) is 0 Å². The molecule has 0 unspecified atom stereocenters. The molecule has 1 nitrogen and oxygen atoms in total. The van der Waals surface area contributed by atoms with Gasteiger partial charge in [0.05, 0.1) is 0 Å². The molecule has 0 amide bonds. The van der Waals surface area contributed by atoms with E-state index < -0.39 is 0 Å². The Hall–Kier alpha value is -2.02. The maximum atomic E-state index is 2.24. The van der Waals surface area contributed by atoms with E-state index in [9.17, 15) is 0 Å². The zero-order valence-electron chi connectivity index (χ0n) is 12.9. The van der Waals surface area contributed by atoms with E-state index in [2.05, 4.69) is 75.7 Å². The van der Waals surface area contributed by atoms with Gasteiger partial charge in [-0.3, -0.25) is 0 Å². The van der Waals surface area contributed by atoms with Crippen LogP contribution < -0.4 is 0 Å². The highest BCUT2D eigenvalue weighted by Gasteiger charge is 2.13. The van der Waals surface area contributed by atoms with Gasteiger partial charge in [0.2, 0.25) is 0 Å². The molecule has 3 rings (SSSR count). The third-order valence-corrected chi connectivity index (χ3v) is 4.81. The number of hydrogen-bond donors (Lipinski definition) is 0. The molecule has 0 saturated carbocycles. The first kappa shape index (κ1) is 13.0. The van der Waals surface area contributed by atoms with E-state index in [4.69, 9.17) is 0 Å². The van der Waals surface area contributed by atoms with Gasteiger partial charge in [0.25, 0.3) is 0 Å². The molecule has 2 heterocycles. The lowest BCUT2D eigenvalue weighted by Gasteiger charge is -2.19. The quantitative estimate of drug-likeness (QED) is 0.572. The number of hydrogen-bond acceptors (Lipinski definition) is 0. The number of nitrogens with zero attached hydrogens (tertiary/aromatic N) is 1. The van der Waals surface area contributed by atoms with Gasteiger partial charge >= 0.3 is 0 Å². The minimum absolute atomic E-state index is 1.24. The Morgan fingerprint density at radius 3 is 1.95 bits per heavy atom. The smallest absolute Gasteiger partial charge is 0.0450 e. The molecule has 0 atom stereocenters. The third kappa shape index (κ3) is 1.77. The third-order valence-electron chi connectivity index (χ3n) is 4.81. The average Bonchev–Trinajstić information content (AvgIpc) is 2.91. The average molecular weight is 263 g/mol. The Bertz CT molecular complexity index is 777. The molecule has 0 bridgehead atoms. The normalized spacial score (nSPS) is 11.2. The monoisotopic (exact) mass is 263 g/mol. The van der Waals surface area contributed by atoms with Gasteiger partial charge in [-0.2, -0.15) is 0 Å². The lowest BCUT2D eigenvalue weighted by atomic mass is 9.87. The Labute approximate surface area is 120 Å². The van der Waals surface area contributed by atoms with Gasteiger partial charge in [0.15, 0.2) is 0 Å². The highest BCUT2D eigenvalue weighted by Crippen LogP contribution is 2.34. The van der Waals surface area contributed by atoms with Crippen molar-refractivity contribution >= 4 is 5.52 Å². The van der Waals surface area contributed by atoms with Crippen molar-refractivity contribution in [2.75, 3.05) is 0 Å². The zero-order valence-corrected chi connectivity index (χ0v) is 12.9. The Morgan fingerprint density at radius 1 is 0.700 bits per heavy atom. The summed E-state index contributed by atoms with van der Waals surface area (Å²) < 4.78 is 2.19. The molecule has 2 aromatic heterocycles. The van der Waals surface area contributed by atoms with Gasteiger partial charge in [-0.15, -0.1) is 0 Å². The molecule has 0 aliphatic heterocycles. The van der Waals surface area contributed by atoms with Crippen LogP contribution in [-0.2, 0) is 0 Å². The summed E-state index contributed by atoms with van der Waals surface area (Å²) in [5.41, 5.74) is 11.0. The lowest BCUT2D eigenvalue weighted by Crippen LogP contribution is -2.00. The van der Waals surface area contributed by atoms with Crippen molar-refractivity contribution in [3.63, 3.8) is 0 Å². The predicted molar refractivity (Wildman–Crippen MR) is 86.5 cm³/mol. The van der Waals surface area contributed by atoms with E-state index in [1.54, 1.807) is 0 Å². The van der Waals surface area contributed by atoms with Crippen LogP contribution in [0.1, 0.15) is 27.8 Å². The fraction of sp³-hybridized carbons (Fsp3) is 0.263. The van der Waals surface area contributed by atoms with Gasteiger partial charge in [-0.25, -0.2) is 0 Å². The van der Waals surface area contributed by atoms with E-state index in [0.717, 1.165) is 0 Å². The van der Waals surface area contributed by atoms with Crippen LogP contribution in [0.3, 0.4) is 0 Å². The van der Waals surface area contributed by atoms with Crippen molar-refractivity contribution in [1.29, 1.82) is 0 Å². The summed E-state index contributed by atoms with van der Waals surface area (Å²) in [4.78, 5) is 0. The molecule has 0 radical (unpaired) electrons. The summed E-state index contributed by atoms with van der Waals surface area (Å²) in [5.74, 6) is 0. The summed E-state index contributed by atoms with van der Waals surface area (Å²) >= 11 is 0. The van der Waals surface area contributed by atoms with Crippen LogP contribution in [-0.4, -0.2) is 4.40 Å². The highest BCUT2D eigenvalue weighted by atomic mass is 14.8. The van der Waals surface area contributed by atoms with Crippen LogP contribution in [0.2, 0.25) is 0 Å². The maximum absolute atomic E-state index is 2.24. The molecule has 1 heteroatoms. The Morgan fingerprint density at radius 2 is 1.30 bits per heavy atom. The number of fused-ring (bicyclic) bond motifs is 1. The van der Waals surface area contributed by atoms with Crippen molar-refractivity contribution in [1.82, 2.24) is 4.40 Å². The molecule has 1 aromatic carbocycles. The topological polar surface area (TPSA) is 4.41 Å². The van der Waals surface area contributed by atoms with Gasteiger partial charge in [0.1, 0.15) is 0 Å². The molecule has 3 aromatic rings. The largest absolute Gasteiger partial charge is 0.323 e. The van der Waals surface area contributed by atoms with Crippen LogP contribution in [0.5, 0.6) is 0 Å². The minimum Gasteiger partial charge on any atom is -0.323 e. The second-order valence-electron chi connectivity index (χ2n) is 5.76. The van der Waals surface area contributed by atoms with Gasteiger partial charge in [0, 0.05) is 17.9 Å². The number of rotatable bonds is 1. The van der Waals surface area contributed by atoms with Gasteiger partial charge in [-0.1, -0.05) is 6.07 Å². The van der Waals surface area contributed by atoms with Crippen molar-refractivity contribution < 1.29 is 0 Å². The van der Waals surface area contributed by atoms with E-state index in [1.165, 1.54) is 44.5 Å². The fourth-order valence-electron chi connectivity index (χ4n) is 3.11. The molecule has 0 fully saturated rings. The van der Waals surface area contributed by atoms with Crippen LogP contribution in [0.4, 0.5) is 0 Å². The standard InChI is InChI=1S/C19H21N/c1-12-13(2)15(4)19(16(5)14(12)3)17-8-9-18-7-6-10-20(18)11-17/h6-11H,1-5H3. The van der Waals surface area contributed by atoms with Gasteiger partial charge < -0.3 is 4.40 Å². The van der Waals surface area contributed by atoms with E-state index in [0.29, 0.717) is 0 Å². The number of pyridine rings is 1. The van der Waals surface area contributed by atoms with Crippen molar-refractivity contribution in [2.45, 2.75) is 34.6 Å². The molecule has 20 heavy (non-hydrogen) atoms. The number of benzene rings is 1. The van der Waals surface area contributed by atoms with Crippen LogP contribution >= 0.6 is 0 Å². The highest BCUT2D eigenvalue weighted by molar-refractivity contribution is 5.75. The number of aromatic nitrogens is 1.